The fourth-order valence-electron chi connectivity index (χ4n) is 4.52. The number of amides is 1. The van der Waals surface area contributed by atoms with Crippen molar-refractivity contribution in [2.24, 2.45) is 11.8 Å². The number of ether oxygens (including phenoxy) is 1. The molecule has 2 heterocycles. The van der Waals surface area contributed by atoms with Crippen molar-refractivity contribution < 1.29 is 31.1 Å². The van der Waals surface area contributed by atoms with Gasteiger partial charge in [0.1, 0.15) is 15.6 Å². The number of nitrogens with zero attached hydrogens (tertiary/aromatic N) is 3. The molecule has 1 N–H and O–H groups in total. The lowest BCUT2D eigenvalue weighted by molar-refractivity contribution is -0.169. The molecule has 1 atom stereocenters. The van der Waals surface area contributed by atoms with Gasteiger partial charge in [0.25, 0.3) is 5.91 Å². The second-order valence-corrected chi connectivity index (χ2v) is 12.2. The molecule has 2 aromatic rings. The van der Waals surface area contributed by atoms with E-state index in [0.29, 0.717) is 50.0 Å². The molecule has 0 radical (unpaired) electrons. The summed E-state index contributed by atoms with van der Waals surface area (Å²) in [6, 6.07) is 1.44. The molecule has 0 spiro atoms. The normalized spacial score (nSPS) is 19.5. The number of aryl methyl sites for hydroxylation is 1. The van der Waals surface area contributed by atoms with Gasteiger partial charge in [-0.25, -0.2) is 8.42 Å². The number of nitrogens with one attached hydrogen (secondary N) is 1. The molecule has 1 unspecified atom stereocenters. The average Bonchev–Trinajstić information content (AvgIpc) is 3.17. The van der Waals surface area contributed by atoms with E-state index in [4.69, 9.17) is 16.3 Å². The summed E-state index contributed by atoms with van der Waals surface area (Å²) in [5, 5.41) is 6.95. The topological polar surface area (TPSA) is 103 Å². The molecular formula is C24H32ClF3N4O4S. The van der Waals surface area contributed by atoms with Gasteiger partial charge in [-0.2, -0.15) is 18.3 Å². The van der Waals surface area contributed by atoms with Crippen LogP contribution in [0.4, 0.5) is 13.2 Å². The van der Waals surface area contributed by atoms with Crippen LogP contribution in [0.1, 0.15) is 55.7 Å². The van der Waals surface area contributed by atoms with Crippen LogP contribution in [0.5, 0.6) is 5.75 Å². The number of aromatic nitrogens is 3. The van der Waals surface area contributed by atoms with Crippen molar-refractivity contribution in [1.29, 1.82) is 0 Å². The first kappa shape index (κ1) is 29.2. The summed E-state index contributed by atoms with van der Waals surface area (Å²) < 4.78 is 69.4. The van der Waals surface area contributed by atoms with Crippen LogP contribution in [0.25, 0.3) is 11.3 Å². The summed E-state index contributed by atoms with van der Waals surface area (Å²) in [6.07, 6.45) is 0.524. The molecule has 0 bridgehead atoms. The molecule has 1 saturated carbocycles. The fraction of sp³-hybridized carbons (Fsp3) is 0.625. The molecule has 206 valence electrons. The molecule has 0 aliphatic heterocycles. The summed E-state index contributed by atoms with van der Waals surface area (Å²) in [7, 11) is -1.67. The number of halogens is 4. The number of hydrogen-bond donors (Lipinski definition) is 1. The monoisotopic (exact) mass is 564 g/mol. The third-order valence-corrected chi connectivity index (χ3v) is 8.87. The minimum Gasteiger partial charge on any atom is -0.496 e. The van der Waals surface area contributed by atoms with Gasteiger partial charge in [0, 0.05) is 43.7 Å². The van der Waals surface area contributed by atoms with Crippen molar-refractivity contribution in [3.63, 3.8) is 0 Å². The minimum absolute atomic E-state index is 0.0140. The largest absolute Gasteiger partial charge is 0.496 e. The van der Waals surface area contributed by atoms with Gasteiger partial charge in [-0.15, -0.1) is 0 Å². The standard InChI is InChI=1S/C24H32ClF3N4O4S/c1-5-32-22(18-13-29-16(11-19(18)36-3)10-14(2)24(26,27)28)20(25)21(31-32)23(33)30-12-15-6-8-17(9-7-15)37(4,34)35/h11,13-15,17H,5-10,12H2,1-4H3,(H,30,33). The maximum absolute atomic E-state index is 13.0. The van der Waals surface area contributed by atoms with Crippen molar-refractivity contribution in [3.8, 4) is 17.0 Å². The van der Waals surface area contributed by atoms with Crippen molar-refractivity contribution in [1.82, 2.24) is 20.1 Å². The van der Waals surface area contributed by atoms with Gasteiger partial charge < -0.3 is 10.1 Å². The van der Waals surface area contributed by atoms with Gasteiger partial charge in [0.15, 0.2) is 5.69 Å². The smallest absolute Gasteiger partial charge is 0.391 e. The number of alkyl halides is 3. The lowest BCUT2D eigenvalue weighted by atomic mass is 9.89. The number of methoxy groups -OCH3 is 1. The Balaban J connectivity index is 1.78. The summed E-state index contributed by atoms with van der Waals surface area (Å²) in [6.45, 7) is 3.64. The first-order valence-corrected chi connectivity index (χ1v) is 14.4. The van der Waals surface area contributed by atoms with Gasteiger partial charge in [-0.05, 0) is 38.5 Å². The summed E-state index contributed by atoms with van der Waals surface area (Å²) in [4.78, 5) is 17.1. The van der Waals surface area contributed by atoms with E-state index in [2.05, 4.69) is 15.4 Å². The number of rotatable bonds is 9. The number of hydrogen-bond acceptors (Lipinski definition) is 6. The Morgan fingerprint density at radius 2 is 1.95 bits per heavy atom. The summed E-state index contributed by atoms with van der Waals surface area (Å²) >= 11 is 6.60. The summed E-state index contributed by atoms with van der Waals surface area (Å²) in [5.74, 6) is -1.61. The Morgan fingerprint density at radius 3 is 2.49 bits per heavy atom. The van der Waals surface area contributed by atoms with Crippen molar-refractivity contribution >= 4 is 27.3 Å². The third kappa shape index (κ3) is 6.95. The zero-order valence-corrected chi connectivity index (χ0v) is 22.8. The Hall–Kier alpha value is -2.34. The zero-order chi connectivity index (χ0) is 27.5. The van der Waals surface area contributed by atoms with Crippen LogP contribution in [-0.4, -0.2) is 60.4 Å². The zero-order valence-electron chi connectivity index (χ0n) is 21.2. The first-order chi connectivity index (χ1) is 17.3. The van der Waals surface area contributed by atoms with E-state index in [9.17, 15) is 26.4 Å². The first-order valence-electron chi connectivity index (χ1n) is 12.1. The molecule has 1 amide bonds. The van der Waals surface area contributed by atoms with E-state index < -0.39 is 27.8 Å². The van der Waals surface area contributed by atoms with E-state index in [0.717, 1.165) is 6.92 Å². The van der Waals surface area contributed by atoms with Gasteiger partial charge in [-0.3, -0.25) is 14.5 Å². The van der Waals surface area contributed by atoms with E-state index >= 15 is 0 Å². The highest BCUT2D eigenvalue weighted by molar-refractivity contribution is 7.91. The molecule has 8 nitrogen and oxygen atoms in total. The van der Waals surface area contributed by atoms with Crippen LogP contribution in [0.2, 0.25) is 5.02 Å². The highest BCUT2D eigenvalue weighted by Crippen LogP contribution is 2.38. The maximum atomic E-state index is 13.0. The number of carbonyl (C=O) groups is 1. The van der Waals surface area contributed by atoms with Crippen LogP contribution in [-0.2, 0) is 22.8 Å². The molecule has 0 aromatic carbocycles. The molecular weight excluding hydrogens is 533 g/mol. The minimum atomic E-state index is -4.34. The predicted octanol–water partition coefficient (Wildman–Crippen LogP) is 4.70. The quantitative estimate of drug-likeness (QED) is 0.473. The van der Waals surface area contributed by atoms with Crippen molar-refractivity contribution in [2.45, 2.75) is 63.9 Å². The Labute approximate surface area is 219 Å². The Bertz CT molecular complexity index is 1230. The molecule has 1 aliphatic carbocycles. The van der Waals surface area contributed by atoms with E-state index in [1.807, 2.05) is 6.92 Å². The second-order valence-electron chi connectivity index (χ2n) is 9.53. The van der Waals surface area contributed by atoms with Gasteiger partial charge >= 0.3 is 6.18 Å². The lowest BCUT2D eigenvalue weighted by Crippen LogP contribution is -2.34. The Kier molecular flexibility index (Phi) is 9.15. The second kappa shape index (κ2) is 11.6. The fourth-order valence-corrected chi connectivity index (χ4v) is 5.97. The van der Waals surface area contributed by atoms with Gasteiger partial charge in [-0.1, -0.05) is 18.5 Å². The van der Waals surface area contributed by atoms with Crippen LogP contribution in [0, 0.1) is 11.8 Å². The van der Waals surface area contributed by atoms with Crippen LogP contribution in [0.3, 0.4) is 0 Å². The highest BCUT2D eigenvalue weighted by Gasteiger charge is 2.36. The number of sulfone groups is 1. The van der Waals surface area contributed by atoms with Gasteiger partial charge in [0.05, 0.1) is 34.6 Å². The highest BCUT2D eigenvalue weighted by atomic mass is 35.5. The molecule has 3 rings (SSSR count). The third-order valence-electron chi connectivity index (χ3n) is 6.83. The Morgan fingerprint density at radius 1 is 1.30 bits per heavy atom. The maximum Gasteiger partial charge on any atom is 0.391 e. The predicted molar refractivity (Wildman–Crippen MR) is 135 cm³/mol. The molecule has 13 heteroatoms. The molecule has 1 aliphatic rings. The SMILES string of the molecule is CCn1nc(C(=O)NCC2CCC(S(C)(=O)=O)CC2)c(Cl)c1-c1cnc(CC(C)C(F)(F)F)cc1OC. The lowest BCUT2D eigenvalue weighted by Gasteiger charge is -2.27. The van der Waals surface area contributed by atoms with E-state index in [1.54, 1.807) is 0 Å². The average molecular weight is 565 g/mol. The van der Waals surface area contributed by atoms with E-state index in [-0.39, 0.29) is 39.7 Å². The molecule has 37 heavy (non-hydrogen) atoms. The molecule has 0 saturated heterocycles. The molecule has 2 aromatic heterocycles. The van der Waals surface area contributed by atoms with Crippen LogP contribution in [0.15, 0.2) is 12.3 Å². The van der Waals surface area contributed by atoms with Crippen molar-refractivity contribution in [2.75, 3.05) is 19.9 Å². The van der Waals surface area contributed by atoms with Gasteiger partial charge in [0.2, 0.25) is 0 Å². The molecule has 1 fully saturated rings. The number of pyridine rings is 1. The van der Waals surface area contributed by atoms with Crippen LogP contribution >= 0.6 is 11.6 Å². The summed E-state index contributed by atoms with van der Waals surface area (Å²) in [5.41, 5.74) is 1.01. The number of carbonyl (C=O) groups excluding carboxylic acids is 1. The van der Waals surface area contributed by atoms with E-state index in [1.165, 1.54) is 30.3 Å². The van der Waals surface area contributed by atoms with Crippen LogP contribution < -0.4 is 10.1 Å². The van der Waals surface area contributed by atoms with Crippen molar-refractivity contribution in [3.05, 3.63) is 28.7 Å².